The molecule has 0 aliphatic heterocycles. The predicted octanol–water partition coefficient (Wildman–Crippen LogP) is 4.69. The number of aliphatic hydroxyl groups excluding tert-OH is 3. The molecule has 0 amide bonds. The molecule has 0 radical (unpaired) electrons. The first-order chi connectivity index (χ1) is 17.9. The summed E-state index contributed by atoms with van der Waals surface area (Å²) in [5.74, 6) is 3.12. The van der Waals surface area contributed by atoms with Gasteiger partial charge in [0.05, 0.1) is 24.4 Å². The van der Waals surface area contributed by atoms with Crippen molar-refractivity contribution in [3.63, 3.8) is 0 Å². The van der Waals surface area contributed by atoms with Crippen LogP contribution in [-0.4, -0.2) is 69.4 Å². The highest BCUT2D eigenvalue weighted by atomic mass is 16.3. The van der Waals surface area contributed by atoms with Gasteiger partial charge < -0.3 is 20.4 Å². The lowest BCUT2D eigenvalue weighted by molar-refractivity contribution is -0.131. The molecule has 0 heterocycles. The minimum atomic E-state index is -0.793. The topological polar surface area (TPSA) is 84.2 Å². The van der Waals surface area contributed by atoms with E-state index in [0.717, 1.165) is 63.3 Å². The number of hydrogen-bond acceptors (Lipinski definition) is 5. The van der Waals surface area contributed by atoms with Crippen molar-refractivity contribution in [3.05, 3.63) is 23.3 Å². The summed E-state index contributed by atoms with van der Waals surface area (Å²) in [4.78, 5) is 2.33. The fourth-order valence-corrected chi connectivity index (χ4v) is 10.8. The second-order valence-electron chi connectivity index (χ2n) is 15.5. The number of aliphatic hydroxyl groups is 4. The van der Waals surface area contributed by atoms with Gasteiger partial charge in [-0.05, 0) is 105 Å². The maximum absolute atomic E-state index is 12.5. The third-order valence-corrected chi connectivity index (χ3v) is 13.5. The molecular formula is C33H53NO4. The monoisotopic (exact) mass is 527 g/mol. The Kier molecular flexibility index (Phi) is 6.80. The van der Waals surface area contributed by atoms with Crippen LogP contribution in [0.4, 0.5) is 0 Å². The minimum absolute atomic E-state index is 0.150. The summed E-state index contributed by atoms with van der Waals surface area (Å²) in [6.45, 7) is 11.4. The summed E-state index contributed by atoms with van der Waals surface area (Å²) < 4.78 is 0. The molecule has 10 atom stereocenters. The van der Waals surface area contributed by atoms with Crippen molar-refractivity contribution >= 4 is 0 Å². The van der Waals surface area contributed by atoms with Crippen molar-refractivity contribution in [2.24, 2.45) is 45.8 Å². The van der Waals surface area contributed by atoms with Crippen LogP contribution in [0.2, 0.25) is 0 Å². The Hall–Kier alpha value is -0.720. The van der Waals surface area contributed by atoms with E-state index < -0.39 is 11.7 Å². The fraction of sp³-hybridized carbons (Fsp3) is 0.879. The van der Waals surface area contributed by atoms with E-state index in [1.54, 1.807) is 5.57 Å². The molecule has 38 heavy (non-hydrogen) atoms. The molecule has 214 valence electrons. The van der Waals surface area contributed by atoms with Crippen molar-refractivity contribution < 1.29 is 20.4 Å². The smallest absolute Gasteiger partial charge is 0.0897 e. The molecule has 7 aliphatic carbocycles. The molecule has 0 saturated heterocycles. The van der Waals surface area contributed by atoms with E-state index in [-0.39, 0.29) is 23.5 Å². The maximum atomic E-state index is 12.5. The molecule has 4 N–H and O–H groups in total. The van der Waals surface area contributed by atoms with Gasteiger partial charge in [-0.2, -0.15) is 0 Å². The van der Waals surface area contributed by atoms with Crippen LogP contribution in [0.25, 0.3) is 0 Å². The van der Waals surface area contributed by atoms with Gasteiger partial charge in [0.25, 0.3) is 0 Å². The molecule has 0 aromatic rings. The van der Waals surface area contributed by atoms with Crippen molar-refractivity contribution in [2.45, 2.75) is 110 Å². The number of nitrogens with zero attached hydrogens (tertiary/aromatic N) is 1. The van der Waals surface area contributed by atoms with Crippen LogP contribution in [0, 0.1) is 45.8 Å². The van der Waals surface area contributed by atoms with Crippen LogP contribution >= 0.6 is 0 Å². The molecule has 2 bridgehead atoms. The third-order valence-electron chi connectivity index (χ3n) is 13.5. The zero-order valence-electron chi connectivity index (χ0n) is 24.3. The van der Waals surface area contributed by atoms with Gasteiger partial charge in [0, 0.05) is 25.0 Å². The molecule has 0 aromatic carbocycles. The highest BCUT2D eigenvalue weighted by molar-refractivity contribution is 5.39. The number of fused-ring (bicyclic) bond motifs is 7. The van der Waals surface area contributed by atoms with Gasteiger partial charge in [0.1, 0.15) is 0 Å². The first-order valence-corrected chi connectivity index (χ1v) is 15.7. The first-order valence-electron chi connectivity index (χ1n) is 15.7. The lowest BCUT2D eigenvalue weighted by Crippen LogP contribution is -2.59. The average molecular weight is 528 g/mol. The zero-order chi connectivity index (χ0) is 27.1. The van der Waals surface area contributed by atoms with Gasteiger partial charge in [-0.3, -0.25) is 4.90 Å². The van der Waals surface area contributed by atoms with E-state index in [9.17, 15) is 20.4 Å². The molecule has 0 spiro atoms. The van der Waals surface area contributed by atoms with Gasteiger partial charge in [-0.15, -0.1) is 0 Å². The van der Waals surface area contributed by atoms with Crippen molar-refractivity contribution in [1.82, 2.24) is 4.90 Å². The lowest BCUT2D eigenvalue weighted by atomic mass is 9.45. The Labute approximate surface area is 230 Å². The normalized spacial score (nSPS) is 47.8. The Morgan fingerprint density at radius 3 is 2.45 bits per heavy atom. The Balaban J connectivity index is 1.23. The van der Waals surface area contributed by atoms with Gasteiger partial charge in [-0.1, -0.05) is 51.0 Å². The van der Waals surface area contributed by atoms with E-state index in [4.69, 9.17) is 0 Å². The summed E-state index contributed by atoms with van der Waals surface area (Å²) >= 11 is 0. The van der Waals surface area contributed by atoms with Gasteiger partial charge >= 0.3 is 0 Å². The molecule has 6 saturated carbocycles. The SMILES string of the molecule is CC12CCC(O)CC1=CC=C1C2CCC2(C)C1CCC2(O)CN(CC(O)CO)CC1CCC2CC1C2(C)C. The Bertz CT molecular complexity index is 987. The number of hydrogen-bond donors (Lipinski definition) is 4. The lowest BCUT2D eigenvalue weighted by Gasteiger charge is -2.61. The summed E-state index contributed by atoms with van der Waals surface area (Å²) in [5, 5.41) is 43.0. The van der Waals surface area contributed by atoms with E-state index in [2.05, 4.69) is 44.7 Å². The second-order valence-corrected chi connectivity index (χ2v) is 15.5. The van der Waals surface area contributed by atoms with E-state index >= 15 is 0 Å². The standard InChI is InChI=1S/C33H53NO4/c1-30(2)22-6-5-21(29(30)16-22)17-34(18-25(37)19-35)20-33(38)14-11-28-26-8-7-23-15-24(36)9-12-31(23,3)27(26)10-13-32(28,33)4/h7-8,21-22,24-25,27-29,35-38H,5-6,9-20H2,1-4H3. The average Bonchev–Trinajstić information content (AvgIpc) is 3.14. The summed E-state index contributed by atoms with van der Waals surface area (Å²) in [5.41, 5.74) is 2.57. The number of allylic oxidation sites excluding steroid dienone is 3. The van der Waals surface area contributed by atoms with Crippen LogP contribution < -0.4 is 0 Å². The van der Waals surface area contributed by atoms with E-state index in [1.807, 2.05) is 0 Å². The molecule has 6 fully saturated rings. The Morgan fingerprint density at radius 1 is 0.974 bits per heavy atom. The van der Waals surface area contributed by atoms with Crippen molar-refractivity contribution in [1.29, 1.82) is 0 Å². The molecule has 7 rings (SSSR count). The molecule has 5 nitrogen and oxygen atoms in total. The predicted molar refractivity (Wildman–Crippen MR) is 150 cm³/mol. The molecule has 7 aliphatic rings. The largest absolute Gasteiger partial charge is 0.394 e. The highest BCUT2D eigenvalue weighted by Crippen LogP contribution is 2.66. The summed E-state index contributed by atoms with van der Waals surface area (Å²) in [7, 11) is 0. The van der Waals surface area contributed by atoms with Crippen LogP contribution in [0.5, 0.6) is 0 Å². The van der Waals surface area contributed by atoms with Crippen LogP contribution in [0.1, 0.15) is 91.9 Å². The molecule has 10 unspecified atom stereocenters. The van der Waals surface area contributed by atoms with Crippen molar-refractivity contribution in [2.75, 3.05) is 26.2 Å². The molecule has 0 aromatic heterocycles. The first kappa shape index (κ1) is 27.4. The minimum Gasteiger partial charge on any atom is -0.394 e. The second kappa shape index (κ2) is 9.41. The fourth-order valence-electron chi connectivity index (χ4n) is 10.8. The molecular weight excluding hydrogens is 474 g/mol. The maximum Gasteiger partial charge on any atom is 0.0897 e. The van der Waals surface area contributed by atoms with Crippen LogP contribution in [0.15, 0.2) is 23.3 Å². The number of rotatable bonds is 7. The van der Waals surface area contributed by atoms with Gasteiger partial charge in [0.15, 0.2) is 0 Å². The van der Waals surface area contributed by atoms with Gasteiger partial charge in [0.2, 0.25) is 0 Å². The molecule has 5 heteroatoms. The van der Waals surface area contributed by atoms with Gasteiger partial charge in [-0.25, -0.2) is 0 Å². The quantitative estimate of drug-likeness (QED) is 0.386. The summed E-state index contributed by atoms with van der Waals surface area (Å²) in [6, 6.07) is 0. The van der Waals surface area contributed by atoms with E-state index in [0.29, 0.717) is 36.3 Å². The Morgan fingerprint density at radius 2 is 1.74 bits per heavy atom. The summed E-state index contributed by atoms with van der Waals surface area (Å²) in [6.07, 6.45) is 14.3. The van der Waals surface area contributed by atoms with Crippen LogP contribution in [-0.2, 0) is 0 Å². The zero-order valence-corrected chi connectivity index (χ0v) is 24.3. The highest BCUT2D eigenvalue weighted by Gasteiger charge is 2.62. The van der Waals surface area contributed by atoms with Crippen LogP contribution in [0.3, 0.4) is 0 Å². The third kappa shape index (κ3) is 4.04. The van der Waals surface area contributed by atoms with E-state index in [1.165, 1.54) is 24.8 Å². The van der Waals surface area contributed by atoms with Crippen molar-refractivity contribution in [3.8, 4) is 0 Å².